The van der Waals surface area contributed by atoms with Gasteiger partial charge in [0.05, 0.1) is 0 Å². The van der Waals surface area contributed by atoms with Gasteiger partial charge in [0.1, 0.15) is 11.6 Å². The Bertz CT molecular complexity index is 588. The van der Waals surface area contributed by atoms with Crippen LogP contribution in [0.4, 0.5) is 15.2 Å². The van der Waals surface area contributed by atoms with Gasteiger partial charge in [-0.15, -0.1) is 0 Å². The second-order valence-corrected chi connectivity index (χ2v) is 4.53. The third-order valence-electron chi connectivity index (χ3n) is 2.39. The number of rotatable bonds is 2. The van der Waals surface area contributed by atoms with Crippen LogP contribution in [0.1, 0.15) is 21.7 Å². The fourth-order valence-corrected chi connectivity index (χ4v) is 1.92. The van der Waals surface area contributed by atoms with Crippen LogP contribution in [0.25, 0.3) is 0 Å². The van der Waals surface area contributed by atoms with Crippen molar-refractivity contribution in [2.75, 3.05) is 11.1 Å². The van der Waals surface area contributed by atoms with E-state index in [1.165, 1.54) is 6.07 Å². The summed E-state index contributed by atoms with van der Waals surface area (Å²) in [5, 5.41) is 2.91. The van der Waals surface area contributed by atoms with Crippen molar-refractivity contribution < 1.29 is 9.18 Å². The van der Waals surface area contributed by atoms with Crippen molar-refractivity contribution in [3.05, 3.63) is 34.9 Å². The van der Waals surface area contributed by atoms with Gasteiger partial charge in [0.2, 0.25) is 5.13 Å². The van der Waals surface area contributed by atoms with Crippen molar-refractivity contribution in [1.82, 2.24) is 9.36 Å². The minimum atomic E-state index is -0.506. The molecule has 0 fully saturated rings. The molecule has 0 aliphatic heterocycles. The van der Waals surface area contributed by atoms with E-state index in [0.29, 0.717) is 16.5 Å². The van der Waals surface area contributed by atoms with Gasteiger partial charge in [0, 0.05) is 28.3 Å². The largest absolute Gasteiger partial charge is 0.398 e. The van der Waals surface area contributed by atoms with Crippen molar-refractivity contribution in [3.8, 4) is 0 Å². The predicted octanol–water partition coefficient (Wildman–Crippen LogP) is 2.13. The topological polar surface area (TPSA) is 80.9 Å². The number of amides is 1. The molecule has 0 saturated carbocycles. The standard InChI is InChI=1S/C11H11FN4OS/c1-5-8(12)3-7(4-9(5)13)10(17)15-11-14-6(2)16-18-11/h3-4H,13H2,1-2H3,(H,14,15,16,17). The highest BCUT2D eigenvalue weighted by Crippen LogP contribution is 2.19. The van der Waals surface area contributed by atoms with Crippen LogP contribution in [0, 0.1) is 19.7 Å². The monoisotopic (exact) mass is 266 g/mol. The van der Waals surface area contributed by atoms with Crippen LogP contribution >= 0.6 is 11.5 Å². The molecule has 0 aliphatic carbocycles. The van der Waals surface area contributed by atoms with Gasteiger partial charge in [-0.05, 0) is 26.0 Å². The zero-order valence-corrected chi connectivity index (χ0v) is 10.6. The number of benzene rings is 1. The molecule has 18 heavy (non-hydrogen) atoms. The van der Waals surface area contributed by atoms with Crippen LogP contribution in [-0.4, -0.2) is 15.3 Å². The number of nitrogens with one attached hydrogen (secondary N) is 1. The van der Waals surface area contributed by atoms with Gasteiger partial charge < -0.3 is 5.73 Å². The number of halogens is 1. The second-order valence-electron chi connectivity index (χ2n) is 3.77. The average Bonchev–Trinajstić information content (AvgIpc) is 2.71. The molecule has 0 spiro atoms. The van der Waals surface area contributed by atoms with E-state index in [2.05, 4.69) is 14.7 Å². The van der Waals surface area contributed by atoms with Crippen LogP contribution in [-0.2, 0) is 0 Å². The zero-order valence-electron chi connectivity index (χ0n) is 9.82. The normalized spacial score (nSPS) is 10.4. The number of aryl methyl sites for hydroxylation is 1. The third-order valence-corrected chi connectivity index (χ3v) is 3.12. The summed E-state index contributed by atoms with van der Waals surface area (Å²) in [7, 11) is 0. The zero-order chi connectivity index (χ0) is 13.3. The van der Waals surface area contributed by atoms with Gasteiger partial charge in [-0.1, -0.05) is 0 Å². The Kier molecular flexibility index (Phi) is 3.24. The highest BCUT2D eigenvalue weighted by atomic mass is 32.1. The molecule has 0 radical (unpaired) electrons. The Balaban J connectivity index is 2.24. The number of carbonyl (C=O) groups is 1. The average molecular weight is 266 g/mol. The first kappa shape index (κ1) is 12.4. The molecular weight excluding hydrogens is 255 g/mol. The fraction of sp³-hybridized carbons (Fsp3) is 0.182. The lowest BCUT2D eigenvalue weighted by Crippen LogP contribution is -2.13. The summed E-state index contributed by atoms with van der Waals surface area (Å²) in [6, 6.07) is 2.58. The Labute approximate surface area is 107 Å². The number of aromatic nitrogens is 2. The maximum Gasteiger partial charge on any atom is 0.257 e. The van der Waals surface area contributed by atoms with Gasteiger partial charge in [-0.3, -0.25) is 10.1 Å². The van der Waals surface area contributed by atoms with E-state index >= 15 is 0 Å². The van der Waals surface area contributed by atoms with Gasteiger partial charge in [0.25, 0.3) is 5.91 Å². The molecule has 3 N–H and O–H groups in total. The molecule has 1 heterocycles. The molecule has 0 saturated heterocycles. The summed E-state index contributed by atoms with van der Waals surface area (Å²) >= 11 is 1.07. The molecular formula is C11H11FN4OS. The highest BCUT2D eigenvalue weighted by Gasteiger charge is 2.12. The number of anilines is 2. The molecule has 0 atom stereocenters. The Morgan fingerprint density at radius 3 is 2.72 bits per heavy atom. The van der Waals surface area contributed by atoms with Crippen LogP contribution in [0.3, 0.4) is 0 Å². The molecule has 5 nitrogen and oxygen atoms in total. The number of hydrogen-bond acceptors (Lipinski definition) is 5. The Morgan fingerprint density at radius 1 is 1.44 bits per heavy atom. The molecule has 7 heteroatoms. The smallest absolute Gasteiger partial charge is 0.257 e. The van der Waals surface area contributed by atoms with Crippen LogP contribution in [0.2, 0.25) is 0 Å². The quantitative estimate of drug-likeness (QED) is 0.816. The lowest BCUT2D eigenvalue weighted by molar-refractivity contribution is 0.102. The molecule has 1 aromatic heterocycles. The summed E-state index contributed by atoms with van der Waals surface area (Å²) in [4.78, 5) is 15.8. The SMILES string of the molecule is Cc1nsc(NC(=O)c2cc(N)c(C)c(F)c2)n1. The van der Waals surface area contributed by atoms with Crippen LogP contribution in [0.5, 0.6) is 0 Å². The Hall–Kier alpha value is -2.02. The van der Waals surface area contributed by atoms with E-state index in [1.54, 1.807) is 13.8 Å². The predicted molar refractivity (Wildman–Crippen MR) is 68.1 cm³/mol. The lowest BCUT2D eigenvalue weighted by Gasteiger charge is -2.06. The van der Waals surface area contributed by atoms with E-state index in [0.717, 1.165) is 17.6 Å². The number of nitrogens with zero attached hydrogens (tertiary/aromatic N) is 2. The summed E-state index contributed by atoms with van der Waals surface area (Å²) in [6.07, 6.45) is 0. The number of nitrogen functional groups attached to an aromatic ring is 1. The second kappa shape index (κ2) is 4.69. The van der Waals surface area contributed by atoms with Crippen molar-refractivity contribution in [2.24, 2.45) is 0 Å². The summed E-state index contributed by atoms with van der Waals surface area (Å²) < 4.78 is 17.4. The van der Waals surface area contributed by atoms with Gasteiger partial charge in [0.15, 0.2) is 0 Å². The van der Waals surface area contributed by atoms with E-state index in [1.807, 2.05) is 0 Å². The summed E-state index contributed by atoms with van der Waals surface area (Å²) in [6.45, 7) is 3.27. The van der Waals surface area contributed by atoms with E-state index in [9.17, 15) is 9.18 Å². The third kappa shape index (κ3) is 2.45. The minimum Gasteiger partial charge on any atom is -0.398 e. The van der Waals surface area contributed by atoms with E-state index in [-0.39, 0.29) is 11.3 Å². The van der Waals surface area contributed by atoms with Crippen LogP contribution in [0.15, 0.2) is 12.1 Å². The van der Waals surface area contributed by atoms with Crippen molar-refractivity contribution in [2.45, 2.75) is 13.8 Å². The molecule has 0 unspecified atom stereocenters. The fourth-order valence-electron chi connectivity index (χ4n) is 1.35. The highest BCUT2D eigenvalue weighted by molar-refractivity contribution is 7.09. The molecule has 1 amide bonds. The van der Waals surface area contributed by atoms with Gasteiger partial charge in [-0.25, -0.2) is 9.37 Å². The Morgan fingerprint density at radius 2 is 2.17 bits per heavy atom. The van der Waals surface area contributed by atoms with Crippen LogP contribution < -0.4 is 11.1 Å². The first-order valence-corrected chi connectivity index (χ1v) is 5.92. The molecule has 2 rings (SSSR count). The first-order chi connectivity index (χ1) is 8.47. The van der Waals surface area contributed by atoms with Crippen molar-refractivity contribution >= 4 is 28.3 Å². The van der Waals surface area contributed by atoms with Gasteiger partial charge >= 0.3 is 0 Å². The molecule has 94 valence electrons. The number of carbonyl (C=O) groups excluding carboxylic acids is 1. The van der Waals surface area contributed by atoms with E-state index < -0.39 is 11.7 Å². The number of hydrogen-bond donors (Lipinski definition) is 2. The lowest BCUT2D eigenvalue weighted by atomic mass is 10.1. The van der Waals surface area contributed by atoms with E-state index in [4.69, 9.17) is 5.73 Å². The minimum absolute atomic E-state index is 0.156. The molecule has 2 aromatic rings. The van der Waals surface area contributed by atoms with Crippen molar-refractivity contribution in [1.29, 1.82) is 0 Å². The summed E-state index contributed by atoms with van der Waals surface area (Å²) in [5.41, 5.74) is 6.34. The molecule has 0 aliphatic rings. The van der Waals surface area contributed by atoms with Crippen molar-refractivity contribution in [3.63, 3.8) is 0 Å². The molecule has 1 aromatic carbocycles. The maximum atomic E-state index is 13.5. The van der Waals surface area contributed by atoms with Gasteiger partial charge in [-0.2, -0.15) is 4.37 Å². The summed E-state index contributed by atoms with van der Waals surface area (Å²) in [5.74, 6) is -0.393. The molecule has 0 bridgehead atoms. The first-order valence-electron chi connectivity index (χ1n) is 5.14. The maximum absolute atomic E-state index is 13.5. The number of nitrogens with two attached hydrogens (primary N) is 1.